The summed E-state index contributed by atoms with van der Waals surface area (Å²) in [6, 6.07) is 0. The molecular formula is C69H116O12. The molecule has 1 aliphatic rings. The summed E-state index contributed by atoms with van der Waals surface area (Å²) in [6.45, 7) is 5.85. The quantitative estimate of drug-likeness (QED) is 0.0228. The second-order valence-electron chi connectivity index (χ2n) is 22.0. The third kappa shape index (κ3) is 46.0. The van der Waals surface area contributed by atoms with Crippen molar-refractivity contribution >= 4 is 23.9 Å². The second kappa shape index (κ2) is 56.4. The zero-order valence-corrected chi connectivity index (χ0v) is 51.3. The molecule has 1 rings (SSSR count). The van der Waals surface area contributed by atoms with Gasteiger partial charge >= 0.3 is 23.9 Å². The number of ether oxygens (including phenoxy) is 5. The molecule has 1 fully saturated rings. The monoisotopic (exact) mass is 1140 g/mol. The Morgan fingerprint density at radius 1 is 0.420 bits per heavy atom. The third-order valence-corrected chi connectivity index (χ3v) is 14.4. The fourth-order valence-corrected chi connectivity index (χ4v) is 9.44. The molecule has 12 nitrogen and oxygen atoms in total. The lowest BCUT2D eigenvalue weighted by molar-refractivity contribution is -0.301. The van der Waals surface area contributed by atoms with Crippen molar-refractivity contribution in [3.8, 4) is 0 Å². The summed E-state index contributed by atoms with van der Waals surface area (Å²) in [5.74, 6) is -3.15. The number of aliphatic hydroxyl groups is 2. The molecule has 3 N–H and O–H groups in total. The highest BCUT2D eigenvalue weighted by molar-refractivity contribution is 5.74. The van der Waals surface area contributed by atoms with E-state index in [2.05, 4.69) is 106 Å². The number of carbonyl (C=O) groups is 4. The zero-order chi connectivity index (χ0) is 58.9. The molecule has 0 amide bonds. The molecule has 0 aromatic heterocycles. The van der Waals surface area contributed by atoms with Crippen LogP contribution < -0.4 is 0 Å². The maximum absolute atomic E-state index is 13.2. The predicted molar refractivity (Wildman–Crippen MR) is 331 cm³/mol. The van der Waals surface area contributed by atoms with E-state index in [4.69, 9.17) is 23.7 Å². The molecule has 1 aliphatic heterocycles. The van der Waals surface area contributed by atoms with Crippen molar-refractivity contribution in [1.82, 2.24) is 0 Å². The van der Waals surface area contributed by atoms with E-state index in [0.29, 0.717) is 19.3 Å². The lowest BCUT2D eigenvalue weighted by Gasteiger charge is -2.40. The molecule has 0 bridgehead atoms. The third-order valence-electron chi connectivity index (χ3n) is 14.4. The van der Waals surface area contributed by atoms with E-state index in [1.807, 2.05) is 0 Å². The number of hydrogen-bond donors (Lipinski definition) is 3. The van der Waals surface area contributed by atoms with Gasteiger partial charge in [-0.2, -0.15) is 0 Å². The molecule has 0 aliphatic carbocycles. The molecule has 0 aromatic carbocycles. The van der Waals surface area contributed by atoms with Crippen LogP contribution in [0, 0.1) is 0 Å². The molecule has 0 aromatic rings. The Labute approximate surface area is 492 Å². The average molecular weight is 1140 g/mol. The van der Waals surface area contributed by atoms with E-state index in [1.165, 1.54) is 70.6 Å². The first kappa shape index (κ1) is 74.9. The SMILES string of the molecule is CC/C=C\C/C=C\C/C=C\C/C=C\CCCCCCCCC(=O)OCC(COC1OC(C(=O)O)C(O)C(O)C1OC(=O)CCCCCCC/C=C\CCCCCCCC)OC(=O)CCCCCCCCC/C=C\C/C=C\CCCCC. The molecule has 464 valence electrons. The number of carbonyl (C=O) groups excluding carboxylic acids is 3. The molecule has 0 spiro atoms. The molecule has 1 heterocycles. The molecule has 81 heavy (non-hydrogen) atoms. The summed E-state index contributed by atoms with van der Waals surface area (Å²) in [5.41, 5.74) is 0. The number of aliphatic carboxylic acids is 1. The number of aliphatic hydroxyl groups excluding tert-OH is 2. The van der Waals surface area contributed by atoms with Crippen molar-refractivity contribution in [2.45, 2.75) is 314 Å². The number of rotatable bonds is 55. The number of allylic oxidation sites excluding steroid dienone is 14. The molecule has 1 saturated heterocycles. The smallest absolute Gasteiger partial charge is 0.335 e. The number of carboxylic acid groups (broad SMARTS) is 1. The van der Waals surface area contributed by atoms with E-state index in [1.54, 1.807) is 0 Å². The largest absolute Gasteiger partial charge is 0.479 e. The van der Waals surface area contributed by atoms with Gasteiger partial charge in [-0.1, -0.05) is 228 Å². The minimum Gasteiger partial charge on any atom is -0.479 e. The van der Waals surface area contributed by atoms with Gasteiger partial charge in [-0.15, -0.1) is 0 Å². The minimum atomic E-state index is -1.91. The fourth-order valence-electron chi connectivity index (χ4n) is 9.44. The van der Waals surface area contributed by atoms with Gasteiger partial charge in [0.05, 0.1) is 6.61 Å². The van der Waals surface area contributed by atoms with E-state index >= 15 is 0 Å². The fraction of sp³-hybridized carbons (Fsp3) is 0.739. The lowest BCUT2D eigenvalue weighted by Crippen LogP contribution is -2.61. The van der Waals surface area contributed by atoms with Crippen LogP contribution in [0.2, 0.25) is 0 Å². The lowest BCUT2D eigenvalue weighted by atomic mass is 9.98. The number of esters is 3. The number of hydrogen-bond acceptors (Lipinski definition) is 11. The molecule has 6 unspecified atom stereocenters. The van der Waals surface area contributed by atoms with Crippen LogP contribution in [-0.4, -0.2) is 89.2 Å². The summed E-state index contributed by atoms with van der Waals surface area (Å²) in [4.78, 5) is 51.3. The number of carboxylic acids is 1. The van der Waals surface area contributed by atoms with Crippen molar-refractivity contribution in [1.29, 1.82) is 0 Å². The van der Waals surface area contributed by atoms with E-state index in [9.17, 15) is 34.5 Å². The van der Waals surface area contributed by atoms with Crippen molar-refractivity contribution in [3.63, 3.8) is 0 Å². The van der Waals surface area contributed by atoms with Gasteiger partial charge in [0.1, 0.15) is 18.8 Å². The van der Waals surface area contributed by atoms with Crippen LogP contribution in [0.1, 0.15) is 278 Å². The van der Waals surface area contributed by atoms with Crippen molar-refractivity contribution in [3.05, 3.63) is 85.1 Å². The molecular weight excluding hydrogens is 1020 g/mol. The van der Waals surface area contributed by atoms with Crippen LogP contribution in [0.3, 0.4) is 0 Å². The van der Waals surface area contributed by atoms with Crippen LogP contribution in [0.4, 0.5) is 0 Å². The van der Waals surface area contributed by atoms with Crippen LogP contribution >= 0.6 is 0 Å². The second-order valence-corrected chi connectivity index (χ2v) is 22.0. The van der Waals surface area contributed by atoms with Gasteiger partial charge in [0.2, 0.25) is 0 Å². The minimum absolute atomic E-state index is 0.0462. The standard InChI is InChI=1S/C69H116O12/c1-4-7-10-13-16-19-22-25-28-30-31-33-35-37-40-43-46-49-52-55-61(70)77-58-60(79-62(71)56-53-50-47-44-41-39-36-32-29-26-23-20-17-14-11-8-5-2)59-78-69-67(65(74)64(73)66(81-69)68(75)76)80-63(72)57-54-51-48-45-42-38-34-27-24-21-18-15-12-9-6-3/h7,10,16-17,19-20,25-29,31,33-34,60,64-67,69,73-74H,4-6,8-9,11-15,18,21-24,30,32,35-59H2,1-3H3,(H,75,76)/b10-7-,19-16-,20-17-,28-25-,29-26-,33-31-,34-27-. The Morgan fingerprint density at radius 2 is 0.778 bits per heavy atom. The Morgan fingerprint density at radius 3 is 1.22 bits per heavy atom. The summed E-state index contributed by atoms with van der Waals surface area (Å²) in [7, 11) is 0. The zero-order valence-electron chi connectivity index (χ0n) is 51.3. The van der Waals surface area contributed by atoms with Gasteiger partial charge < -0.3 is 39.0 Å². The highest BCUT2D eigenvalue weighted by Crippen LogP contribution is 2.26. The summed E-state index contributed by atoms with van der Waals surface area (Å²) >= 11 is 0. The first-order valence-corrected chi connectivity index (χ1v) is 32.6. The van der Waals surface area contributed by atoms with Crippen LogP contribution in [-0.2, 0) is 42.9 Å². The molecule has 0 radical (unpaired) electrons. The van der Waals surface area contributed by atoms with Crippen molar-refractivity contribution in [2.75, 3.05) is 13.2 Å². The highest BCUT2D eigenvalue weighted by Gasteiger charge is 2.50. The van der Waals surface area contributed by atoms with Gasteiger partial charge in [-0.25, -0.2) is 4.79 Å². The van der Waals surface area contributed by atoms with Crippen LogP contribution in [0.5, 0.6) is 0 Å². The topological polar surface area (TPSA) is 175 Å². The van der Waals surface area contributed by atoms with E-state index in [-0.39, 0.29) is 25.9 Å². The molecule has 0 saturated carbocycles. The van der Waals surface area contributed by atoms with Gasteiger partial charge in [-0.05, 0) is 116 Å². The van der Waals surface area contributed by atoms with E-state index in [0.717, 1.165) is 148 Å². The van der Waals surface area contributed by atoms with Gasteiger partial charge in [0.15, 0.2) is 24.6 Å². The van der Waals surface area contributed by atoms with Gasteiger partial charge in [0.25, 0.3) is 0 Å². The predicted octanol–water partition coefficient (Wildman–Crippen LogP) is 17.5. The maximum Gasteiger partial charge on any atom is 0.335 e. The van der Waals surface area contributed by atoms with Crippen LogP contribution in [0.25, 0.3) is 0 Å². The maximum atomic E-state index is 13.2. The Balaban J connectivity index is 2.68. The van der Waals surface area contributed by atoms with E-state index < -0.39 is 67.3 Å². The normalized spacial score (nSPS) is 18.3. The summed E-state index contributed by atoms with van der Waals surface area (Å²) in [6.07, 6.45) is 61.0. The first-order chi connectivity index (χ1) is 39.6. The molecule has 6 atom stereocenters. The first-order valence-electron chi connectivity index (χ1n) is 32.6. The average Bonchev–Trinajstić information content (AvgIpc) is 3.53. The Hall–Kier alpha value is -4.10. The van der Waals surface area contributed by atoms with Crippen molar-refractivity contribution in [2.24, 2.45) is 0 Å². The molecule has 12 heteroatoms. The van der Waals surface area contributed by atoms with Gasteiger partial charge in [0, 0.05) is 19.3 Å². The van der Waals surface area contributed by atoms with Crippen molar-refractivity contribution < 1.29 is 58.2 Å². The Bertz CT molecular complexity index is 1730. The van der Waals surface area contributed by atoms with Gasteiger partial charge in [-0.3, -0.25) is 14.4 Å². The number of unbranched alkanes of at least 4 members (excludes halogenated alkanes) is 27. The van der Waals surface area contributed by atoms with Crippen LogP contribution in [0.15, 0.2) is 85.1 Å². The summed E-state index contributed by atoms with van der Waals surface area (Å²) in [5, 5.41) is 31.6. The highest BCUT2D eigenvalue weighted by atomic mass is 16.7. The Kier molecular flexibility index (Phi) is 52.1. The summed E-state index contributed by atoms with van der Waals surface area (Å²) < 4.78 is 28.5.